The molecule has 3 heteroatoms. The maximum atomic E-state index is 3.92. The molecule has 0 aliphatic heterocycles. The van der Waals surface area contributed by atoms with E-state index < -0.39 is 0 Å². The summed E-state index contributed by atoms with van der Waals surface area (Å²) in [5, 5.41) is 7.99. The van der Waals surface area contributed by atoms with Gasteiger partial charge in [-0.2, -0.15) is 17.7 Å². The van der Waals surface area contributed by atoms with Gasteiger partial charge in [-0.15, -0.1) is 0 Å². The highest BCUT2D eigenvalue weighted by Gasteiger charge is 1.92. The van der Waals surface area contributed by atoms with Gasteiger partial charge in [-0.05, 0) is 25.3 Å². The molecular formula is C9H12N2S. The van der Waals surface area contributed by atoms with E-state index in [0.29, 0.717) is 0 Å². The Morgan fingerprint density at radius 1 is 1.33 bits per heavy atom. The number of hydrogen-bond donors (Lipinski definition) is 2. The smallest absolute Gasteiger partial charge is 0.0650 e. The van der Waals surface area contributed by atoms with Crippen molar-refractivity contribution >= 4 is 23.5 Å². The molecule has 1 N–H and O–H groups in total. The van der Waals surface area contributed by atoms with Crippen LogP contribution in [0, 0.1) is 6.92 Å². The third-order valence-electron chi connectivity index (χ3n) is 1.60. The average Bonchev–Trinajstić information content (AvgIpc) is 2.54. The van der Waals surface area contributed by atoms with Crippen LogP contribution in [0.2, 0.25) is 0 Å². The minimum absolute atomic E-state index is 1.10. The van der Waals surface area contributed by atoms with Gasteiger partial charge in [0.05, 0.1) is 11.7 Å². The number of H-pyrrole nitrogens is 1. The standard InChI is InChI=1S/C8H8N2.CH4S/c1-6-2-3-8-7(4-6)5-9-10-8;1-2/h2-5H,1H3,(H,9,10);2H,1H3. The molecule has 0 amide bonds. The molecule has 1 aromatic carbocycles. The molecule has 12 heavy (non-hydrogen) atoms. The Kier molecular flexibility index (Phi) is 3.17. The highest BCUT2D eigenvalue weighted by molar-refractivity contribution is 7.79. The summed E-state index contributed by atoms with van der Waals surface area (Å²) in [6.07, 6.45) is 3.53. The number of aromatic nitrogens is 2. The lowest BCUT2D eigenvalue weighted by Gasteiger charge is -1.89. The number of aromatic amines is 1. The summed E-state index contributed by atoms with van der Waals surface area (Å²) >= 11 is 3.53. The fourth-order valence-electron chi connectivity index (χ4n) is 1.06. The number of nitrogens with zero attached hydrogens (tertiary/aromatic N) is 1. The number of aryl methyl sites for hydroxylation is 1. The van der Waals surface area contributed by atoms with Gasteiger partial charge in [0.1, 0.15) is 0 Å². The Bertz CT molecular complexity index is 354. The summed E-state index contributed by atoms with van der Waals surface area (Å²) in [4.78, 5) is 0. The maximum absolute atomic E-state index is 3.92. The van der Waals surface area contributed by atoms with Gasteiger partial charge in [-0.3, -0.25) is 5.10 Å². The normalized spacial score (nSPS) is 9.25. The molecule has 0 bridgehead atoms. The van der Waals surface area contributed by atoms with Crippen molar-refractivity contribution in [2.24, 2.45) is 0 Å². The van der Waals surface area contributed by atoms with Gasteiger partial charge in [0, 0.05) is 5.39 Å². The first-order valence-electron chi connectivity index (χ1n) is 3.71. The second-order valence-electron chi connectivity index (χ2n) is 2.46. The van der Waals surface area contributed by atoms with Crippen LogP contribution in [-0.2, 0) is 0 Å². The molecule has 1 heterocycles. The van der Waals surface area contributed by atoms with E-state index in [1.54, 1.807) is 6.26 Å². The number of rotatable bonds is 0. The number of nitrogens with one attached hydrogen (secondary N) is 1. The van der Waals surface area contributed by atoms with Gasteiger partial charge in [-0.25, -0.2) is 0 Å². The molecule has 0 unspecified atom stereocenters. The lowest BCUT2D eigenvalue weighted by atomic mass is 10.2. The average molecular weight is 180 g/mol. The van der Waals surface area contributed by atoms with Gasteiger partial charge in [0.2, 0.25) is 0 Å². The third kappa shape index (κ3) is 1.80. The van der Waals surface area contributed by atoms with Crippen molar-refractivity contribution < 1.29 is 0 Å². The Morgan fingerprint density at radius 3 is 2.83 bits per heavy atom. The van der Waals surface area contributed by atoms with Gasteiger partial charge in [-0.1, -0.05) is 11.6 Å². The molecule has 0 aliphatic carbocycles. The molecule has 0 radical (unpaired) electrons. The monoisotopic (exact) mass is 180 g/mol. The summed E-state index contributed by atoms with van der Waals surface area (Å²) in [6.45, 7) is 2.08. The van der Waals surface area contributed by atoms with Gasteiger partial charge in [0.25, 0.3) is 0 Å². The molecule has 64 valence electrons. The van der Waals surface area contributed by atoms with E-state index in [0.717, 1.165) is 5.52 Å². The topological polar surface area (TPSA) is 28.7 Å². The number of thiol groups is 1. The molecule has 0 spiro atoms. The van der Waals surface area contributed by atoms with Crippen molar-refractivity contribution in [3.63, 3.8) is 0 Å². The Hall–Kier alpha value is -0.960. The summed E-state index contributed by atoms with van der Waals surface area (Å²) in [7, 11) is 0. The predicted molar refractivity (Wildman–Crippen MR) is 55.7 cm³/mol. The summed E-state index contributed by atoms with van der Waals surface area (Å²) in [5.74, 6) is 0. The van der Waals surface area contributed by atoms with E-state index in [1.165, 1.54) is 10.9 Å². The Morgan fingerprint density at radius 2 is 2.08 bits per heavy atom. The van der Waals surface area contributed by atoms with E-state index in [-0.39, 0.29) is 0 Å². The molecule has 2 aromatic rings. The first-order valence-corrected chi connectivity index (χ1v) is 4.60. The van der Waals surface area contributed by atoms with Gasteiger partial charge < -0.3 is 0 Å². The molecule has 0 aliphatic rings. The first-order chi connectivity index (χ1) is 5.86. The maximum Gasteiger partial charge on any atom is 0.0650 e. The van der Waals surface area contributed by atoms with Crippen molar-refractivity contribution in [2.45, 2.75) is 6.92 Å². The van der Waals surface area contributed by atoms with E-state index in [4.69, 9.17) is 0 Å². The van der Waals surface area contributed by atoms with E-state index in [1.807, 2.05) is 12.3 Å². The van der Waals surface area contributed by atoms with Crippen molar-refractivity contribution in [1.82, 2.24) is 10.2 Å². The summed E-state index contributed by atoms with van der Waals surface area (Å²) in [6, 6.07) is 6.22. The van der Waals surface area contributed by atoms with Crippen LogP contribution in [-0.4, -0.2) is 16.5 Å². The van der Waals surface area contributed by atoms with Gasteiger partial charge >= 0.3 is 0 Å². The van der Waals surface area contributed by atoms with Crippen molar-refractivity contribution in [3.8, 4) is 0 Å². The molecule has 0 fully saturated rings. The molecular weight excluding hydrogens is 168 g/mol. The number of fused-ring (bicyclic) bond motifs is 1. The van der Waals surface area contributed by atoms with Crippen molar-refractivity contribution in [3.05, 3.63) is 30.0 Å². The number of hydrogen-bond acceptors (Lipinski definition) is 2. The fraction of sp³-hybridized carbons (Fsp3) is 0.222. The van der Waals surface area contributed by atoms with Crippen LogP contribution in [0.15, 0.2) is 24.4 Å². The van der Waals surface area contributed by atoms with E-state index in [9.17, 15) is 0 Å². The zero-order chi connectivity index (χ0) is 8.97. The third-order valence-corrected chi connectivity index (χ3v) is 1.60. The quantitative estimate of drug-likeness (QED) is 0.599. The van der Waals surface area contributed by atoms with Crippen LogP contribution in [0.3, 0.4) is 0 Å². The predicted octanol–water partition coefficient (Wildman–Crippen LogP) is 2.42. The summed E-state index contributed by atoms with van der Waals surface area (Å²) < 4.78 is 0. The minimum atomic E-state index is 1.10. The zero-order valence-corrected chi connectivity index (χ0v) is 8.10. The highest BCUT2D eigenvalue weighted by Crippen LogP contribution is 2.11. The molecule has 0 saturated carbocycles. The summed E-state index contributed by atoms with van der Waals surface area (Å²) in [5.41, 5.74) is 2.37. The lowest BCUT2D eigenvalue weighted by Crippen LogP contribution is -1.70. The number of benzene rings is 1. The van der Waals surface area contributed by atoms with Crippen LogP contribution < -0.4 is 0 Å². The molecule has 2 rings (SSSR count). The zero-order valence-electron chi connectivity index (χ0n) is 7.20. The van der Waals surface area contributed by atoms with Crippen LogP contribution in [0.5, 0.6) is 0 Å². The highest BCUT2D eigenvalue weighted by atomic mass is 32.1. The Balaban J connectivity index is 0.000000336. The minimum Gasteiger partial charge on any atom is -0.278 e. The van der Waals surface area contributed by atoms with Crippen molar-refractivity contribution in [1.29, 1.82) is 0 Å². The first kappa shape index (κ1) is 9.13. The van der Waals surface area contributed by atoms with Crippen LogP contribution in [0.4, 0.5) is 0 Å². The van der Waals surface area contributed by atoms with Crippen molar-refractivity contribution in [2.75, 3.05) is 6.26 Å². The molecule has 0 saturated heterocycles. The lowest BCUT2D eigenvalue weighted by molar-refractivity contribution is 1.12. The second-order valence-corrected chi connectivity index (χ2v) is 2.46. The Labute approximate surface area is 77.4 Å². The van der Waals surface area contributed by atoms with Crippen LogP contribution in [0.1, 0.15) is 5.56 Å². The van der Waals surface area contributed by atoms with Crippen LogP contribution >= 0.6 is 12.6 Å². The molecule has 2 nitrogen and oxygen atoms in total. The largest absolute Gasteiger partial charge is 0.278 e. The molecule has 0 atom stereocenters. The SMILES string of the molecule is CS.Cc1ccc2[nH]ncc2c1. The van der Waals surface area contributed by atoms with Gasteiger partial charge in [0.15, 0.2) is 0 Å². The molecule has 1 aromatic heterocycles. The van der Waals surface area contributed by atoms with E-state index in [2.05, 4.69) is 41.9 Å². The fourth-order valence-corrected chi connectivity index (χ4v) is 1.06. The van der Waals surface area contributed by atoms with E-state index >= 15 is 0 Å². The van der Waals surface area contributed by atoms with Crippen LogP contribution in [0.25, 0.3) is 10.9 Å². The second kappa shape index (κ2) is 4.16.